The minimum Gasteiger partial charge on any atom is -0.378 e. The van der Waals surface area contributed by atoms with Crippen LogP contribution in [-0.2, 0) is 9.53 Å². The third-order valence-corrected chi connectivity index (χ3v) is 6.04. The van der Waals surface area contributed by atoms with E-state index < -0.39 is 0 Å². The summed E-state index contributed by atoms with van der Waals surface area (Å²) in [5.41, 5.74) is 3.32. The Labute approximate surface area is 191 Å². The van der Waals surface area contributed by atoms with E-state index in [4.69, 9.17) is 9.72 Å². The Morgan fingerprint density at radius 1 is 1.03 bits per heavy atom. The van der Waals surface area contributed by atoms with Gasteiger partial charge in [-0.1, -0.05) is 30.3 Å². The molecule has 1 saturated heterocycles. The van der Waals surface area contributed by atoms with E-state index in [2.05, 4.69) is 20.9 Å². The standard InChI is InChI=1S/C24H26N4O3S/c29-22(7-4-12-25-23(30)19-5-2-1-3-6-19)26-20-10-8-18(9-11-20)21-17-32-24(27-21)28-13-15-31-16-14-28/h1-3,5-6,8-11,17H,4,7,12-16H2,(H,25,30)(H,26,29). The summed E-state index contributed by atoms with van der Waals surface area (Å²) in [4.78, 5) is 31.2. The fourth-order valence-electron chi connectivity index (χ4n) is 3.39. The van der Waals surface area contributed by atoms with Gasteiger partial charge in [-0.3, -0.25) is 9.59 Å². The maximum absolute atomic E-state index is 12.2. The molecule has 2 amide bonds. The molecule has 3 aromatic rings. The number of carbonyl (C=O) groups excluding carboxylic acids is 2. The van der Waals surface area contributed by atoms with E-state index in [9.17, 15) is 9.59 Å². The lowest BCUT2D eigenvalue weighted by molar-refractivity contribution is -0.116. The van der Waals surface area contributed by atoms with Crippen molar-refractivity contribution in [2.75, 3.05) is 43.1 Å². The summed E-state index contributed by atoms with van der Waals surface area (Å²) in [6.07, 6.45) is 0.914. The van der Waals surface area contributed by atoms with Gasteiger partial charge in [-0.15, -0.1) is 11.3 Å². The van der Waals surface area contributed by atoms with Crippen LogP contribution in [0.25, 0.3) is 11.3 Å². The van der Waals surface area contributed by atoms with Gasteiger partial charge in [0.2, 0.25) is 5.91 Å². The molecule has 2 heterocycles. The Hall–Kier alpha value is -3.23. The number of rotatable bonds is 8. The maximum atomic E-state index is 12.2. The largest absolute Gasteiger partial charge is 0.378 e. The molecule has 0 unspecified atom stereocenters. The monoisotopic (exact) mass is 450 g/mol. The summed E-state index contributed by atoms with van der Waals surface area (Å²) in [6.45, 7) is 3.67. The summed E-state index contributed by atoms with van der Waals surface area (Å²) in [5.74, 6) is -0.199. The molecule has 2 aromatic carbocycles. The van der Waals surface area contributed by atoms with Crippen molar-refractivity contribution in [3.8, 4) is 11.3 Å². The number of carbonyl (C=O) groups is 2. The Bertz CT molecular complexity index is 1030. The molecule has 166 valence electrons. The van der Waals surface area contributed by atoms with Crippen molar-refractivity contribution in [2.45, 2.75) is 12.8 Å². The van der Waals surface area contributed by atoms with Gasteiger partial charge in [0.15, 0.2) is 5.13 Å². The van der Waals surface area contributed by atoms with E-state index in [1.165, 1.54) is 0 Å². The highest BCUT2D eigenvalue weighted by molar-refractivity contribution is 7.14. The molecule has 8 heteroatoms. The molecule has 1 aliphatic rings. The van der Waals surface area contributed by atoms with E-state index in [0.717, 1.165) is 48.4 Å². The normalized spacial score (nSPS) is 13.6. The molecule has 0 aliphatic carbocycles. The minimum absolute atomic E-state index is 0.0741. The molecule has 2 N–H and O–H groups in total. The molecular formula is C24H26N4O3S. The smallest absolute Gasteiger partial charge is 0.251 e. The summed E-state index contributed by atoms with van der Waals surface area (Å²) in [5, 5.41) is 8.81. The van der Waals surface area contributed by atoms with Crippen LogP contribution in [0, 0.1) is 0 Å². The molecule has 0 radical (unpaired) electrons. The number of amides is 2. The predicted octanol–water partition coefficient (Wildman–Crippen LogP) is 3.80. The molecule has 1 aromatic heterocycles. The lowest BCUT2D eigenvalue weighted by atomic mass is 10.1. The number of nitrogens with zero attached hydrogens (tertiary/aromatic N) is 2. The molecule has 1 fully saturated rings. The van der Waals surface area contributed by atoms with Gasteiger partial charge in [-0.2, -0.15) is 0 Å². The fourth-order valence-corrected chi connectivity index (χ4v) is 4.28. The van der Waals surface area contributed by atoms with Crippen LogP contribution in [-0.4, -0.2) is 49.6 Å². The number of benzene rings is 2. The molecule has 0 atom stereocenters. The third kappa shape index (κ3) is 5.93. The summed E-state index contributed by atoms with van der Waals surface area (Å²) in [7, 11) is 0. The molecule has 4 rings (SSSR count). The summed E-state index contributed by atoms with van der Waals surface area (Å²) in [6, 6.07) is 16.8. The second-order valence-electron chi connectivity index (χ2n) is 7.47. The molecule has 1 aliphatic heterocycles. The zero-order chi connectivity index (χ0) is 22.2. The second-order valence-corrected chi connectivity index (χ2v) is 8.30. The van der Waals surface area contributed by atoms with E-state index in [0.29, 0.717) is 24.9 Å². The Balaban J connectivity index is 1.22. The highest BCUT2D eigenvalue weighted by Crippen LogP contribution is 2.28. The van der Waals surface area contributed by atoms with Crippen LogP contribution < -0.4 is 15.5 Å². The maximum Gasteiger partial charge on any atom is 0.251 e. The first-order valence-electron chi connectivity index (χ1n) is 10.7. The van der Waals surface area contributed by atoms with Crippen molar-refractivity contribution in [1.29, 1.82) is 0 Å². The highest BCUT2D eigenvalue weighted by Gasteiger charge is 2.15. The second kappa shape index (κ2) is 10.9. The van der Waals surface area contributed by atoms with Crippen LogP contribution in [0.4, 0.5) is 10.8 Å². The Morgan fingerprint density at radius 2 is 1.78 bits per heavy atom. The molecule has 7 nitrogen and oxygen atoms in total. The minimum atomic E-state index is -0.125. The van der Waals surface area contributed by atoms with Gasteiger partial charge in [0.1, 0.15) is 0 Å². The van der Waals surface area contributed by atoms with Crippen molar-refractivity contribution >= 4 is 34.0 Å². The average Bonchev–Trinajstić information content (AvgIpc) is 3.34. The SMILES string of the molecule is O=C(CCCNC(=O)c1ccccc1)Nc1ccc(-c2csc(N3CCOCC3)n2)cc1. The number of hydrogen-bond donors (Lipinski definition) is 2. The van der Waals surface area contributed by atoms with Gasteiger partial charge in [0, 0.05) is 48.2 Å². The quantitative estimate of drug-likeness (QED) is 0.510. The molecule has 0 bridgehead atoms. The zero-order valence-electron chi connectivity index (χ0n) is 17.8. The third-order valence-electron chi connectivity index (χ3n) is 5.14. The van der Waals surface area contributed by atoms with Gasteiger partial charge in [0.25, 0.3) is 5.91 Å². The molecule has 32 heavy (non-hydrogen) atoms. The van der Waals surface area contributed by atoms with Crippen molar-refractivity contribution in [3.05, 3.63) is 65.5 Å². The average molecular weight is 451 g/mol. The lowest BCUT2D eigenvalue weighted by Crippen LogP contribution is -2.36. The van der Waals surface area contributed by atoms with Crippen molar-refractivity contribution in [3.63, 3.8) is 0 Å². The van der Waals surface area contributed by atoms with Crippen molar-refractivity contribution in [1.82, 2.24) is 10.3 Å². The first-order chi connectivity index (χ1) is 15.7. The lowest BCUT2D eigenvalue weighted by Gasteiger charge is -2.26. The van der Waals surface area contributed by atoms with Crippen LogP contribution in [0.15, 0.2) is 60.0 Å². The molecular weight excluding hydrogens is 424 g/mol. The van der Waals surface area contributed by atoms with Crippen molar-refractivity contribution < 1.29 is 14.3 Å². The predicted molar refractivity (Wildman–Crippen MR) is 127 cm³/mol. The van der Waals surface area contributed by atoms with E-state index in [1.807, 2.05) is 42.5 Å². The topological polar surface area (TPSA) is 83.6 Å². The number of anilines is 2. The van der Waals surface area contributed by atoms with Crippen LogP contribution in [0.1, 0.15) is 23.2 Å². The number of aromatic nitrogens is 1. The zero-order valence-corrected chi connectivity index (χ0v) is 18.6. The van der Waals surface area contributed by atoms with E-state index in [1.54, 1.807) is 23.5 Å². The van der Waals surface area contributed by atoms with E-state index in [-0.39, 0.29) is 11.8 Å². The number of thiazole rings is 1. The van der Waals surface area contributed by atoms with Crippen molar-refractivity contribution in [2.24, 2.45) is 0 Å². The van der Waals surface area contributed by atoms with Gasteiger partial charge in [-0.25, -0.2) is 4.98 Å². The van der Waals surface area contributed by atoms with Crippen LogP contribution in [0.3, 0.4) is 0 Å². The Morgan fingerprint density at radius 3 is 2.53 bits per heavy atom. The fraction of sp³-hybridized carbons (Fsp3) is 0.292. The van der Waals surface area contributed by atoms with E-state index >= 15 is 0 Å². The molecule has 0 spiro atoms. The van der Waals surface area contributed by atoms with Crippen LogP contribution in [0.2, 0.25) is 0 Å². The highest BCUT2D eigenvalue weighted by atomic mass is 32.1. The summed E-state index contributed by atoms with van der Waals surface area (Å²) >= 11 is 1.64. The molecule has 0 saturated carbocycles. The van der Waals surface area contributed by atoms with Gasteiger partial charge in [0.05, 0.1) is 18.9 Å². The number of morpholine rings is 1. The number of nitrogens with one attached hydrogen (secondary N) is 2. The number of ether oxygens (including phenoxy) is 1. The van der Waals surface area contributed by atoms with Gasteiger partial charge >= 0.3 is 0 Å². The Kier molecular flexibility index (Phi) is 7.47. The van der Waals surface area contributed by atoms with Gasteiger partial charge < -0.3 is 20.3 Å². The van der Waals surface area contributed by atoms with Gasteiger partial charge in [-0.05, 0) is 30.7 Å². The van der Waals surface area contributed by atoms with Crippen LogP contribution in [0.5, 0.6) is 0 Å². The number of hydrogen-bond acceptors (Lipinski definition) is 6. The first kappa shape index (κ1) is 22.0. The summed E-state index contributed by atoms with van der Waals surface area (Å²) < 4.78 is 5.40. The van der Waals surface area contributed by atoms with Crippen LogP contribution >= 0.6 is 11.3 Å². The first-order valence-corrected chi connectivity index (χ1v) is 11.6.